The molecule has 0 aliphatic heterocycles. The molecule has 1 aromatic heterocycles. The van der Waals surface area contributed by atoms with Crippen molar-refractivity contribution >= 4 is 11.8 Å². The van der Waals surface area contributed by atoms with Crippen molar-refractivity contribution in [2.24, 2.45) is 5.73 Å². The number of nitrogens with zero attached hydrogens (tertiary/aromatic N) is 2. The maximum Gasteiger partial charge on any atom is 0.115 e. The second kappa shape index (κ2) is 7.78. The van der Waals surface area contributed by atoms with E-state index < -0.39 is 0 Å². The number of benzene rings is 2. The fourth-order valence-corrected chi connectivity index (χ4v) is 3.27. The van der Waals surface area contributed by atoms with Gasteiger partial charge in [0, 0.05) is 23.4 Å². The van der Waals surface area contributed by atoms with E-state index in [1.54, 1.807) is 0 Å². The Morgan fingerprint density at radius 3 is 2.17 bits per heavy atom. The van der Waals surface area contributed by atoms with Crippen molar-refractivity contribution in [3.05, 3.63) is 72.3 Å². The number of hydrogen-bond acceptors (Lipinski definition) is 4. The van der Waals surface area contributed by atoms with Gasteiger partial charge in [-0.25, -0.2) is 4.98 Å². The Morgan fingerprint density at radius 1 is 0.958 bits per heavy atom. The number of thioether (sulfide) groups is 1. The second-order valence-electron chi connectivity index (χ2n) is 5.22. The number of rotatable bonds is 5. The molecule has 2 N–H and O–H groups in total. The van der Waals surface area contributed by atoms with Gasteiger partial charge < -0.3 is 5.73 Å². The number of hydrogen-bond donors (Lipinski definition) is 1. The average molecular weight is 331 g/mol. The summed E-state index contributed by atoms with van der Waals surface area (Å²) < 4.78 is 0. The summed E-state index contributed by atoms with van der Waals surface area (Å²) >= 11 is 1.53. The molecule has 2 aromatic carbocycles. The lowest BCUT2D eigenvalue weighted by atomic mass is 9.99. The molecule has 0 saturated heterocycles. The summed E-state index contributed by atoms with van der Waals surface area (Å²) in [6, 6.07) is 24.3. The highest BCUT2D eigenvalue weighted by molar-refractivity contribution is 7.99. The van der Waals surface area contributed by atoms with Crippen LogP contribution in [0.2, 0.25) is 0 Å². The topological polar surface area (TPSA) is 62.7 Å². The molecule has 24 heavy (non-hydrogen) atoms. The second-order valence-corrected chi connectivity index (χ2v) is 6.30. The van der Waals surface area contributed by atoms with Crippen LogP contribution in [0.5, 0.6) is 0 Å². The lowest BCUT2D eigenvalue weighted by Crippen LogP contribution is -2.03. The average Bonchev–Trinajstić information content (AvgIpc) is 2.67. The van der Waals surface area contributed by atoms with Crippen molar-refractivity contribution in [1.82, 2.24) is 4.98 Å². The van der Waals surface area contributed by atoms with Gasteiger partial charge in [0.05, 0.1) is 11.3 Å². The summed E-state index contributed by atoms with van der Waals surface area (Å²) in [6.45, 7) is 0.549. The maximum absolute atomic E-state index is 9.69. The number of pyridine rings is 1. The minimum atomic E-state index is 0.549. The third kappa shape index (κ3) is 3.48. The molecule has 0 atom stereocenters. The first kappa shape index (κ1) is 16.3. The zero-order valence-electron chi connectivity index (χ0n) is 13.1. The van der Waals surface area contributed by atoms with Crippen LogP contribution in [-0.4, -0.2) is 17.3 Å². The molecule has 118 valence electrons. The maximum atomic E-state index is 9.69. The molecule has 0 radical (unpaired) electrons. The van der Waals surface area contributed by atoms with Crippen molar-refractivity contribution in [2.75, 3.05) is 12.3 Å². The molecule has 3 nitrogen and oxygen atoms in total. The van der Waals surface area contributed by atoms with Crippen LogP contribution in [0.3, 0.4) is 0 Å². The Hall–Kier alpha value is -2.61. The van der Waals surface area contributed by atoms with E-state index >= 15 is 0 Å². The molecule has 0 aliphatic carbocycles. The third-order valence-electron chi connectivity index (χ3n) is 3.61. The summed E-state index contributed by atoms with van der Waals surface area (Å²) in [5.41, 5.74) is 10.1. The van der Waals surface area contributed by atoms with E-state index in [0.29, 0.717) is 12.1 Å². The highest BCUT2D eigenvalue weighted by Gasteiger charge is 2.15. The van der Waals surface area contributed by atoms with Crippen molar-refractivity contribution in [1.29, 1.82) is 5.26 Å². The number of aromatic nitrogens is 1. The summed E-state index contributed by atoms with van der Waals surface area (Å²) in [4.78, 5) is 4.72. The molecule has 3 rings (SSSR count). The fraction of sp³-hybridized carbons (Fsp3) is 0.100. The van der Waals surface area contributed by atoms with Crippen LogP contribution < -0.4 is 5.73 Å². The standard InChI is InChI=1S/C20H17N3S/c21-11-12-24-20-18(14-22)17(15-7-3-1-4-8-15)13-19(23-20)16-9-5-2-6-10-16/h1-10,13H,11-12,21H2. The summed E-state index contributed by atoms with van der Waals surface area (Å²) in [7, 11) is 0. The third-order valence-corrected chi connectivity index (χ3v) is 4.62. The molecule has 0 fully saturated rings. The van der Waals surface area contributed by atoms with Gasteiger partial charge in [-0.2, -0.15) is 5.26 Å². The molecule has 0 aliphatic rings. The van der Waals surface area contributed by atoms with E-state index in [4.69, 9.17) is 10.7 Å². The van der Waals surface area contributed by atoms with Crippen LogP contribution in [-0.2, 0) is 0 Å². The SMILES string of the molecule is N#Cc1c(-c2ccccc2)cc(-c2ccccc2)nc1SCCN. The van der Waals surface area contributed by atoms with E-state index in [1.165, 1.54) is 11.8 Å². The summed E-state index contributed by atoms with van der Waals surface area (Å²) in [5, 5.41) is 10.4. The summed E-state index contributed by atoms with van der Waals surface area (Å²) in [6.07, 6.45) is 0. The van der Waals surface area contributed by atoms with Crippen molar-refractivity contribution in [3.8, 4) is 28.5 Å². The van der Waals surface area contributed by atoms with Gasteiger partial charge in [-0.1, -0.05) is 60.7 Å². The minimum absolute atomic E-state index is 0.549. The molecule has 0 bridgehead atoms. The van der Waals surface area contributed by atoms with Gasteiger partial charge >= 0.3 is 0 Å². The predicted molar refractivity (Wildman–Crippen MR) is 99.6 cm³/mol. The van der Waals surface area contributed by atoms with Crippen LogP contribution in [0.4, 0.5) is 0 Å². The van der Waals surface area contributed by atoms with Crippen LogP contribution in [0.15, 0.2) is 71.8 Å². The number of nitrogens with two attached hydrogens (primary N) is 1. The zero-order chi connectivity index (χ0) is 16.8. The van der Waals surface area contributed by atoms with Crippen LogP contribution in [0, 0.1) is 11.3 Å². The first-order valence-electron chi connectivity index (χ1n) is 7.72. The van der Waals surface area contributed by atoms with Gasteiger partial charge in [0.1, 0.15) is 11.1 Å². The first-order valence-corrected chi connectivity index (χ1v) is 8.71. The van der Waals surface area contributed by atoms with E-state index in [2.05, 4.69) is 6.07 Å². The van der Waals surface area contributed by atoms with Crippen molar-refractivity contribution < 1.29 is 0 Å². The van der Waals surface area contributed by atoms with Gasteiger partial charge in [-0.3, -0.25) is 0 Å². The van der Waals surface area contributed by atoms with Crippen LogP contribution in [0.1, 0.15) is 5.56 Å². The Labute approximate surface area is 146 Å². The highest BCUT2D eigenvalue weighted by atomic mass is 32.2. The van der Waals surface area contributed by atoms with Gasteiger partial charge in [-0.05, 0) is 11.6 Å². The Bertz CT molecular complexity index is 855. The zero-order valence-corrected chi connectivity index (χ0v) is 14.0. The largest absolute Gasteiger partial charge is 0.330 e. The molecule has 3 aromatic rings. The highest BCUT2D eigenvalue weighted by Crippen LogP contribution is 2.33. The predicted octanol–water partition coefficient (Wildman–Crippen LogP) is 4.34. The first-order chi connectivity index (χ1) is 11.8. The van der Waals surface area contributed by atoms with Crippen LogP contribution >= 0.6 is 11.8 Å². The fourth-order valence-electron chi connectivity index (χ4n) is 2.49. The Kier molecular flexibility index (Phi) is 5.27. The molecule has 4 heteroatoms. The smallest absolute Gasteiger partial charge is 0.115 e. The quantitative estimate of drug-likeness (QED) is 0.707. The molecule has 1 heterocycles. The van der Waals surface area contributed by atoms with Crippen molar-refractivity contribution in [3.63, 3.8) is 0 Å². The minimum Gasteiger partial charge on any atom is -0.330 e. The monoisotopic (exact) mass is 331 g/mol. The molecular formula is C20H17N3S. The molecular weight excluding hydrogens is 314 g/mol. The van der Waals surface area contributed by atoms with Gasteiger partial charge in [-0.15, -0.1) is 11.8 Å². The van der Waals surface area contributed by atoms with E-state index in [-0.39, 0.29) is 0 Å². The van der Waals surface area contributed by atoms with Gasteiger partial charge in [0.25, 0.3) is 0 Å². The summed E-state index contributed by atoms with van der Waals surface area (Å²) in [5.74, 6) is 0.730. The van der Waals surface area contributed by atoms with Crippen LogP contribution in [0.25, 0.3) is 22.4 Å². The van der Waals surface area contributed by atoms with E-state index in [0.717, 1.165) is 33.2 Å². The van der Waals surface area contributed by atoms with Gasteiger partial charge in [0.2, 0.25) is 0 Å². The molecule has 0 unspecified atom stereocenters. The molecule has 0 amide bonds. The van der Waals surface area contributed by atoms with Crippen molar-refractivity contribution in [2.45, 2.75) is 5.03 Å². The lowest BCUT2D eigenvalue weighted by Gasteiger charge is -2.12. The molecule has 0 spiro atoms. The Morgan fingerprint density at radius 2 is 1.58 bits per heavy atom. The van der Waals surface area contributed by atoms with Gasteiger partial charge in [0.15, 0.2) is 0 Å². The normalized spacial score (nSPS) is 10.3. The Balaban J connectivity index is 2.21. The van der Waals surface area contributed by atoms with E-state index in [1.807, 2.05) is 66.7 Å². The molecule has 0 saturated carbocycles. The van der Waals surface area contributed by atoms with E-state index in [9.17, 15) is 5.26 Å². The lowest BCUT2D eigenvalue weighted by molar-refractivity contribution is 1.10. The number of nitriles is 1.